The van der Waals surface area contributed by atoms with Crippen molar-refractivity contribution in [3.63, 3.8) is 0 Å². The van der Waals surface area contributed by atoms with Crippen LogP contribution in [-0.2, 0) is 0 Å². The third-order valence-corrected chi connectivity index (χ3v) is 4.11. The molecule has 2 rings (SSSR count). The van der Waals surface area contributed by atoms with Crippen LogP contribution in [0.1, 0.15) is 44.2 Å². The van der Waals surface area contributed by atoms with Crippen LogP contribution >= 0.6 is 0 Å². The van der Waals surface area contributed by atoms with Crippen LogP contribution in [0.2, 0.25) is 0 Å². The Labute approximate surface area is 116 Å². The first-order chi connectivity index (χ1) is 9.22. The van der Waals surface area contributed by atoms with Crippen LogP contribution in [0.3, 0.4) is 0 Å². The smallest absolute Gasteiger partial charge is 0.124 e. The molecule has 0 aromatic heterocycles. The number of ether oxygens (including phenoxy) is 1. The molecule has 1 saturated heterocycles. The van der Waals surface area contributed by atoms with Crippen LogP contribution in [0, 0.1) is 0 Å². The molecular formula is C16H26N2O. The zero-order valence-electron chi connectivity index (χ0n) is 12.1. The highest BCUT2D eigenvalue weighted by Gasteiger charge is 2.20. The largest absolute Gasteiger partial charge is 0.492 e. The van der Waals surface area contributed by atoms with Gasteiger partial charge in [0.25, 0.3) is 0 Å². The molecule has 0 aliphatic carbocycles. The summed E-state index contributed by atoms with van der Waals surface area (Å²) in [6, 6.07) is 8.78. The van der Waals surface area contributed by atoms with Crippen LogP contribution in [0.5, 0.6) is 5.75 Å². The Kier molecular flexibility index (Phi) is 5.23. The van der Waals surface area contributed by atoms with Crippen molar-refractivity contribution < 1.29 is 4.74 Å². The molecule has 0 radical (unpaired) electrons. The van der Waals surface area contributed by atoms with Gasteiger partial charge in [-0.2, -0.15) is 0 Å². The summed E-state index contributed by atoms with van der Waals surface area (Å²) < 4.78 is 6.05. The van der Waals surface area contributed by atoms with Gasteiger partial charge < -0.3 is 15.4 Å². The van der Waals surface area contributed by atoms with Gasteiger partial charge in [0, 0.05) is 17.6 Å². The Morgan fingerprint density at radius 1 is 1.37 bits per heavy atom. The minimum atomic E-state index is 0.0697. The number of likely N-dealkylation sites (N-methyl/N-ethyl adjacent to an activating group) is 1. The Bertz CT molecular complexity index is 394. The second kappa shape index (κ2) is 6.92. The molecule has 1 unspecified atom stereocenters. The van der Waals surface area contributed by atoms with Crippen molar-refractivity contribution in [1.29, 1.82) is 0 Å². The van der Waals surface area contributed by atoms with Crippen molar-refractivity contribution in [1.82, 2.24) is 4.90 Å². The second-order valence-corrected chi connectivity index (χ2v) is 5.49. The average molecular weight is 262 g/mol. The Balaban J connectivity index is 1.98. The minimum absolute atomic E-state index is 0.0697. The summed E-state index contributed by atoms with van der Waals surface area (Å²) in [5, 5.41) is 0. The van der Waals surface area contributed by atoms with Gasteiger partial charge in [-0.25, -0.2) is 0 Å². The fourth-order valence-electron chi connectivity index (χ4n) is 2.68. The van der Waals surface area contributed by atoms with E-state index in [1.807, 2.05) is 18.2 Å². The fraction of sp³-hybridized carbons (Fsp3) is 0.625. The van der Waals surface area contributed by atoms with E-state index in [-0.39, 0.29) is 6.04 Å². The number of nitrogens with zero attached hydrogens (tertiary/aromatic N) is 1. The second-order valence-electron chi connectivity index (χ2n) is 5.49. The van der Waals surface area contributed by atoms with Gasteiger partial charge in [-0.05, 0) is 38.9 Å². The lowest BCUT2D eigenvalue weighted by atomic mass is 10.0. The van der Waals surface area contributed by atoms with E-state index in [1.54, 1.807) is 0 Å². The Morgan fingerprint density at radius 2 is 2.16 bits per heavy atom. The van der Waals surface area contributed by atoms with Crippen molar-refractivity contribution >= 4 is 0 Å². The summed E-state index contributed by atoms with van der Waals surface area (Å²) in [6.07, 6.45) is 4.79. The molecule has 106 valence electrons. The molecule has 0 spiro atoms. The van der Waals surface area contributed by atoms with Crippen LogP contribution in [-0.4, -0.2) is 31.1 Å². The molecule has 0 saturated carbocycles. The first kappa shape index (κ1) is 14.4. The molecule has 1 fully saturated rings. The Hall–Kier alpha value is -1.06. The van der Waals surface area contributed by atoms with Crippen molar-refractivity contribution in [3.05, 3.63) is 29.8 Å². The molecule has 1 heterocycles. The highest BCUT2D eigenvalue weighted by atomic mass is 16.5. The molecule has 2 atom stereocenters. The van der Waals surface area contributed by atoms with Crippen LogP contribution in [0.25, 0.3) is 0 Å². The molecule has 0 bridgehead atoms. The van der Waals surface area contributed by atoms with Crippen LogP contribution in [0.15, 0.2) is 24.3 Å². The SMILES string of the molecule is CC[C@@H](N)c1ccccc1OCC1CCCCN1C. The normalized spacial score (nSPS) is 22.2. The average Bonchev–Trinajstić information content (AvgIpc) is 2.46. The molecule has 1 aromatic carbocycles. The molecule has 3 nitrogen and oxygen atoms in total. The molecular weight excluding hydrogens is 236 g/mol. The predicted octanol–water partition coefficient (Wildman–Crippen LogP) is 2.96. The number of rotatable bonds is 5. The van der Waals surface area contributed by atoms with Gasteiger partial charge in [0.05, 0.1) is 0 Å². The molecule has 3 heteroatoms. The summed E-state index contributed by atoms with van der Waals surface area (Å²) in [4.78, 5) is 2.41. The van der Waals surface area contributed by atoms with E-state index < -0.39 is 0 Å². The van der Waals surface area contributed by atoms with Crippen molar-refractivity contribution in [2.45, 2.75) is 44.7 Å². The van der Waals surface area contributed by atoms with Gasteiger partial charge in [-0.15, -0.1) is 0 Å². The third kappa shape index (κ3) is 3.71. The topological polar surface area (TPSA) is 38.5 Å². The number of para-hydroxylation sites is 1. The van der Waals surface area contributed by atoms with E-state index in [2.05, 4.69) is 24.9 Å². The summed E-state index contributed by atoms with van der Waals surface area (Å²) in [5.41, 5.74) is 7.27. The van der Waals surface area contributed by atoms with Crippen molar-refractivity contribution in [2.24, 2.45) is 5.73 Å². The molecule has 1 aromatic rings. The summed E-state index contributed by atoms with van der Waals surface area (Å²) in [5.74, 6) is 0.954. The van der Waals surface area contributed by atoms with Gasteiger partial charge >= 0.3 is 0 Å². The maximum absolute atomic E-state index is 6.14. The maximum Gasteiger partial charge on any atom is 0.124 e. The highest BCUT2D eigenvalue weighted by molar-refractivity contribution is 5.35. The lowest BCUT2D eigenvalue weighted by molar-refractivity contribution is 0.124. The fourth-order valence-corrected chi connectivity index (χ4v) is 2.68. The van der Waals surface area contributed by atoms with Crippen LogP contribution in [0.4, 0.5) is 0 Å². The third-order valence-electron chi connectivity index (χ3n) is 4.11. The van der Waals surface area contributed by atoms with E-state index in [4.69, 9.17) is 10.5 Å². The van der Waals surface area contributed by atoms with Gasteiger partial charge in [-0.3, -0.25) is 0 Å². The van der Waals surface area contributed by atoms with Gasteiger partial charge in [0.2, 0.25) is 0 Å². The highest BCUT2D eigenvalue weighted by Crippen LogP contribution is 2.26. The van der Waals surface area contributed by atoms with Gasteiger partial charge in [-0.1, -0.05) is 31.5 Å². The summed E-state index contributed by atoms with van der Waals surface area (Å²) in [6.45, 7) is 4.06. The monoisotopic (exact) mass is 262 g/mol. The summed E-state index contributed by atoms with van der Waals surface area (Å²) in [7, 11) is 2.19. The standard InChI is InChI=1S/C16H26N2O/c1-3-15(17)14-9-4-5-10-16(14)19-12-13-8-6-7-11-18(13)2/h4-5,9-10,13,15H,3,6-8,11-12,17H2,1-2H3/t13?,15-/m1/s1. The molecule has 2 N–H and O–H groups in total. The lowest BCUT2D eigenvalue weighted by Gasteiger charge is -2.32. The summed E-state index contributed by atoms with van der Waals surface area (Å²) >= 11 is 0. The lowest BCUT2D eigenvalue weighted by Crippen LogP contribution is -2.40. The number of hydrogen-bond donors (Lipinski definition) is 1. The number of likely N-dealkylation sites (tertiary alicyclic amines) is 1. The van der Waals surface area contributed by atoms with Gasteiger partial charge in [0.1, 0.15) is 12.4 Å². The molecule has 1 aliphatic rings. The molecule has 1 aliphatic heterocycles. The maximum atomic E-state index is 6.14. The van der Waals surface area contributed by atoms with Gasteiger partial charge in [0.15, 0.2) is 0 Å². The quantitative estimate of drug-likeness (QED) is 0.886. The Morgan fingerprint density at radius 3 is 2.89 bits per heavy atom. The molecule has 0 amide bonds. The van der Waals surface area contributed by atoms with E-state index in [1.165, 1.54) is 25.8 Å². The van der Waals surface area contributed by atoms with E-state index in [9.17, 15) is 0 Å². The zero-order chi connectivity index (χ0) is 13.7. The number of nitrogens with two attached hydrogens (primary N) is 1. The van der Waals surface area contributed by atoms with Crippen molar-refractivity contribution in [2.75, 3.05) is 20.2 Å². The first-order valence-electron chi connectivity index (χ1n) is 7.40. The number of hydrogen-bond acceptors (Lipinski definition) is 3. The molecule has 19 heavy (non-hydrogen) atoms. The predicted molar refractivity (Wildman–Crippen MR) is 79.4 cm³/mol. The van der Waals surface area contributed by atoms with E-state index >= 15 is 0 Å². The number of benzene rings is 1. The zero-order valence-corrected chi connectivity index (χ0v) is 12.1. The van der Waals surface area contributed by atoms with E-state index in [0.29, 0.717) is 6.04 Å². The van der Waals surface area contributed by atoms with Crippen molar-refractivity contribution in [3.8, 4) is 5.75 Å². The van der Waals surface area contributed by atoms with E-state index in [0.717, 1.165) is 24.3 Å². The van der Waals surface area contributed by atoms with Crippen LogP contribution < -0.4 is 10.5 Å². The number of piperidine rings is 1. The minimum Gasteiger partial charge on any atom is -0.492 e. The first-order valence-corrected chi connectivity index (χ1v) is 7.40.